The molecule has 1 heterocycles. The van der Waals surface area contributed by atoms with Crippen molar-refractivity contribution in [2.45, 2.75) is 20.3 Å². The molecule has 0 bridgehead atoms. The van der Waals surface area contributed by atoms with Crippen LogP contribution in [0.25, 0.3) is 0 Å². The Morgan fingerprint density at radius 2 is 2.15 bits per heavy atom. The summed E-state index contributed by atoms with van der Waals surface area (Å²) in [4.78, 5) is 13.8. The number of pyridine rings is 1. The van der Waals surface area contributed by atoms with Crippen molar-refractivity contribution in [3.8, 4) is 11.5 Å². The zero-order valence-electron chi connectivity index (χ0n) is 7.97. The van der Waals surface area contributed by atoms with Crippen LogP contribution in [0.5, 0.6) is 11.5 Å². The van der Waals surface area contributed by atoms with Crippen LogP contribution in [0.3, 0.4) is 0 Å². The molecule has 0 atom stereocenters. The standard InChI is InChI=1S/C9H13NO3/c1-4-6-5(2)10-9(12)8(13-3)7(6)11/h4H2,1-3H3,(H2,10,11,12). The van der Waals surface area contributed by atoms with Gasteiger partial charge >= 0.3 is 0 Å². The van der Waals surface area contributed by atoms with Crippen molar-refractivity contribution in [1.82, 2.24) is 4.98 Å². The van der Waals surface area contributed by atoms with E-state index in [1.807, 2.05) is 6.92 Å². The number of aryl methyl sites for hydroxylation is 1. The van der Waals surface area contributed by atoms with Crippen LogP contribution in [-0.2, 0) is 6.42 Å². The van der Waals surface area contributed by atoms with E-state index in [-0.39, 0.29) is 11.5 Å². The van der Waals surface area contributed by atoms with E-state index in [1.165, 1.54) is 7.11 Å². The Labute approximate surface area is 76.2 Å². The molecule has 1 rings (SSSR count). The molecule has 2 N–H and O–H groups in total. The molecule has 0 aromatic carbocycles. The molecule has 0 saturated heterocycles. The maximum absolute atomic E-state index is 11.2. The molecular weight excluding hydrogens is 170 g/mol. The number of nitrogens with one attached hydrogen (secondary N) is 1. The number of hydrogen-bond donors (Lipinski definition) is 2. The maximum Gasteiger partial charge on any atom is 0.294 e. The second kappa shape index (κ2) is 3.51. The minimum absolute atomic E-state index is 0.0116. The largest absolute Gasteiger partial charge is 0.504 e. The van der Waals surface area contributed by atoms with Gasteiger partial charge in [0.1, 0.15) is 0 Å². The Kier molecular flexibility index (Phi) is 2.60. The average molecular weight is 183 g/mol. The first-order valence-electron chi connectivity index (χ1n) is 4.10. The number of aromatic hydroxyl groups is 1. The second-order valence-electron chi connectivity index (χ2n) is 2.79. The van der Waals surface area contributed by atoms with E-state index >= 15 is 0 Å². The predicted octanol–water partition coefficient (Wildman–Crippen LogP) is 0.960. The number of aromatic nitrogens is 1. The number of H-pyrrole nitrogens is 1. The Hall–Kier alpha value is -1.45. The smallest absolute Gasteiger partial charge is 0.294 e. The third-order valence-corrected chi connectivity index (χ3v) is 2.02. The molecule has 0 unspecified atom stereocenters. The van der Waals surface area contributed by atoms with E-state index < -0.39 is 5.56 Å². The lowest BCUT2D eigenvalue weighted by molar-refractivity contribution is 0.364. The van der Waals surface area contributed by atoms with Crippen LogP contribution >= 0.6 is 0 Å². The van der Waals surface area contributed by atoms with Gasteiger partial charge < -0.3 is 14.8 Å². The molecule has 4 heteroatoms. The van der Waals surface area contributed by atoms with Crippen molar-refractivity contribution in [2.75, 3.05) is 7.11 Å². The van der Waals surface area contributed by atoms with Crippen molar-refractivity contribution in [1.29, 1.82) is 0 Å². The van der Waals surface area contributed by atoms with Crippen LogP contribution < -0.4 is 10.3 Å². The van der Waals surface area contributed by atoms with Gasteiger partial charge in [-0.3, -0.25) is 4.79 Å². The van der Waals surface area contributed by atoms with Crippen LogP contribution in [-0.4, -0.2) is 17.2 Å². The Morgan fingerprint density at radius 3 is 2.62 bits per heavy atom. The molecule has 13 heavy (non-hydrogen) atoms. The number of ether oxygens (including phenoxy) is 1. The topological polar surface area (TPSA) is 62.3 Å². The minimum atomic E-state index is -0.394. The third kappa shape index (κ3) is 1.52. The molecule has 0 aliphatic heterocycles. The first kappa shape index (κ1) is 9.64. The van der Waals surface area contributed by atoms with Gasteiger partial charge in [0.05, 0.1) is 7.11 Å². The quantitative estimate of drug-likeness (QED) is 0.717. The summed E-state index contributed by atoms with van der Waals surface area (Å²) in [6.07, 6.45) is 0.658. The minimum Gasteiger partial charge on any atom is -0.504 e. The van der Waals surface area contributed by atoms with Gasteiger partial charge in [0.2, 0.25) is 5.75 Å². The first-order chi connectivity index (χ1) is 6.11. The molecule has 0 spiro atoms. The van der Waals surface area contributed by atoms with E-state index in [4.69, 9.17) is 4.74 Å². The lowest BCUT2D eigenvalue weighted by Crippen LogP contribution is -2.12. The Bertz CT molecular complexity index is 368. The predicted molar refractivity (Wildman–Crippen MR) is 49.4 cm³/mol. The van der Waals surface area contributed by atoms with Crippen LogP contribution in [0.1, 0.15) is 18.2 Å². The summed E-state index contributed by atoms with van der Waals surface area (Å²) in [7, 11) is 1.36. The SMILES string of the molecule is CCc1c(C)[nH]c(=O)c(OC)c1O. The van der Waals surface area contributed by atoms with Crippen molar-refractivity contribution < 1.29 is 9.84 Å². The summed E-state index contributed by atoms with van der Waals surface area (Å²) in [5.74, 6) is -0.0614. The van der Waals surface area contributed by atoms with Gasteiger partial charge in [-0.2, -0.15) is 0 Å². The molecule has 1 aromatic heterocycles. The highest BCUT2D eigenvalue weighted by Crippen LogP contribution is 2.27. The van der Waals surface area contributed by atoms with E-state index in [2.05, 4.69) is 4.98 Å². The monoisotopic (exact) mass is 183 g/mol. The average Bonchev–Trinajstić information content (AvgIpc) is 2.04. The van der Waals surface area contributed by atoms with E-state index in [0.29, 0.717) is 12.1 Å². The Balaban J connectivity index is 3.48. The lowest BCUT2D eigenvalue weighted by atomic mass is 10.1. The highest BCUT2D eigenvalue weighted by Gasteiger charge is 2.13. The zero-order chi connectivity index (χ0) is 10.0. The first-order valence-corrected chi connectivity index (χ1v) is 4.10. The molecule has 0 aliphatic rings. The van der Waals surface area contributed by atoms with Gasteiger partial charge in [-0.1, -0.05) is 6.92 Å². The molecule has 0 radical (unpaired) electrons. The van der Waals surface area contributed by atoms with Gasteiger partial charge in [-0.25, -0.2) is 0 Å². The van der Waals surface area contributed by atoms with Crippen molar-refractivity contribution >= 4 is 0 Å². The summed E-state index contributed by atoms with van der Waals surface area (Å²) in [5.41, 5.74) is 1.01. The normalized spacial score (nSPS) is 10.1. The highest BCUT2D eigenvalue weighted by molar-refractivity contribution is 5.45. The summed E-state index contributed by atoms with van der Waals surface area (Å²) in [6.45, 7) is 3.65. The van der Waals surface area contributed by atoms with Crippen molar-refractivity contribution in [2.24, 2.45) is 0 Å². The molecule has 0 aliphatic carbocycles. The molecule has 0 fully saturated rings. The summed E-state index contributed by atoms with van der Waals surface area (Å²) in [5, 5.41) is 9.61. The molecule has 0 saturated carbocycles. The number of hydrogen-bond acceptors (Lipinski definition) is 3. The molecule has 72 valence electrons. The third-order valence-electron chi connectivity index (χ3n) is 2.02. The van der Waals surface area contributed by atoms with Crippen LogP contribution in [0.2, 0.25) is 0 Å². The van der Waals surface area contributed by atoms with Gasteiger partial charge in [0.15, 0.2) is 5.75 Å². The number of aromatic amines is 1. The fourth-order valence-electron chi connectivity index (χ4n) is 1.35. The summed E-state index contributed by atoms with van der Waals surface area (Å²) < 4.78 is 4.78. The maximum atomic E-state index is 11.2. The fourth-order valence-corrected chi connectivity index (χ4v) is 1.35. The van der Waals surface area contributed by atoms with Crippen LogP contribution in [0.4, 0.5) is 0 Å². The zero-order valence-corrected chi connectivity index (χ0v) is 7.97. The second-order valence-corrected chi connectivity index (χ2v) is 2.79. The van der Waals surface area contributed by atoms with Crippen LogP contribution in [0.15, 0.2) is 4.79 Å². The van der Waals surface area contributed by atoms with Crippen LogP contribution in [0, 0.1) is 6.92 Å². The molecular formula is C9H13NO3. The van der Waals surface area contributed by atoms with Gasteiger partial charge in [0, 0.05) is 11.3 Å². The number of methoxy groups -OCH3 is 1. The fraction of sp³-hybridized carbons (Fsp3) is 0.444. The number of rotatable bonds is 2. The van der Waals surface area contributed by atoms with Gasteiger partial charge in [-0.15, -0.1) is 0 Å². The van der Waals surface area contributed by atoms with E-state index in [9.17, 15) is 9.90 Å². The lowest BCUT2D eigenvalue weighted by Gasteiger charge is -2.08. The Morgan fingerprint density at radius 1 is 1.54 bits per heavy atom. The van der Waals surface area contributed by atoms with Gasteiger partial charge in [-0.05, 0) is 13.3 Å². The summed E-state index contributed by atoms with van der Waals surface area (Å²) >= 11 is 0. The van der Waals surface area contributed by atoms with Crippen molar-refractivity contribution in [3.63, 3.8) is 0 Å². The van der Waals surface area contributed by atoms with E-state index in [0.717, 1.165) is 5.56 Å². The van der Waals surface area contributed by atoms with Gasteiger partial charge in [0.25, 0.3) is 5.56 Å². The molecule has 4 nitrogen and oxygen atoms in total. The summed E-state index contributed by atoms with van der Waals surface area (Å²) in [6, 6.07) is 0. The molecule has 1 aromatic rings. The highest BCUT2D eigenvalue weighted by atomic mass is 16.5. The van der Waals surface area contributed by atoms with Crippen molar-refractivity contribution in [3.05, 3.63) is 21.6 Å². The van der Waals surface area contributed by atoms with E-state index in [1.54, 1.807) is 6.92 Å². The molecule has 0 amide bonds.